The highest BCUT2D eigenvalue weighted by Crippen LogP contribution is 2.67. The molecule has 3 fully saturated rings. The summed E-state index contributed by atoms with van der Waals surface area (Å²) in [5, 5.41) is 0. The third-order valence-corrected chi connectivity index (χ3v) is 8.28. The number of rotatable bonds is 0. The van der Waals surface area contributed by atoms with Crippen LogP contribution in [0.2, 0.25) is 0 Å². The van der Waals surface area contributed by atoms with E-state index < -0.39 is 0 Å². The van der Waals surface area contributed by atoms with Gasteiger partial charge in [0, 0.05) is 17.3 Å². The molecule has 6 atom stereocenters. The first kappa shape index (κ1) is 16.1. The van der Waals surface area contributed by atoms with Crippen molar-refractivity contribution in [1.82, 2.24) is 0 Å². The molecule has 0 amide bonds. The van der Waals surface area contributed by atoms with E-state index in [-0.39, 0.29) is 16.6 Å². The van der Waals surface area contributed by atoms with Gasteiger partial charge in [-0.3, -0.25) is 9.59 Å². The van der Waals surface area contributed by atoms with E-state index in [0.29, 0.717) is 29.5 Å². The topological polar surface area (TPSA) is 34.1 Å². The van der Waals surface area contributed by atoms with E-state index in [2.05, 4.69) is 34.3 Å². The Morgan fingerprint density at radius 1 is 1.12 bits per heavy atom. The molecule has 0 aromatic carbocycles. The van der Waals surface area contributed by atoms with Crippen LogP contribution in [0.3, 0.4) is 0 Å². The summed E-state index contributed by atoms with van der Waals surface area (Å²) in [5.74, 6) is 2.41. The molecule has 4 rings (SSSR count). The van der Waals surface area contributed by atoms with Crippen molar-refractivity contribution in [2.75, 3.05) is 0 Å². The maximum absolute atomic E-state index is 12.6. The molecule has 24 heavy (non-hydrogen) atoms. The van der Waals surface area contributed by atoms with Crippen molar-refractivity contribution < 1.29 is 9.59 Å². The molecule has 4 aliphatic carbocycles. The summed E-state index contributed by atoms with van der Waals surface area (Å²) in [6.07, 6.45) is 7.50. The van der Waals surface area contributed by atoms with Gasteiger partial charge in [-0.15, -0.1) is 0 Å². The first-order chi connectivity index (χ1) is 11.2. The molecular weight excluding hydrogens is 296 g/mol. The molecule has 2 nitrogen and oxygen atoms in total. The number of carbonyl (C=O) groups excluding carboxylic acids is 2. The predicted molar refractivity (Wildman–Crippen MR) is 95.3 cm³/mol. The highest BCUT2D eigenvalue weighted by Gasteiger charge is 2.61. The van der Waals surface area contributed by atoms with Gasteiger partial charge in [-0.25, -0.2) is 0 Å². The quantitative estimate of drug-likeness (QED) is 0.649. The summed E-state index contributed by atoms with van der Waals surface area (Å²) in [5.41, 5.74) is 3.25. The molecular formula is C22H28O2. The summed E-state index contributed by atoms with van der Waals surface area (Å²) >= 11 is 0. The summed E-state index contributed by atoms with van der Waals surface area (Å²) in [4.78, 5) is 24.7. The standard InChI is InChI=1S/C22H28O2/c1-12-10-15(23)11-18-13(2)14(3)20-16-6-7-19(24)21(16,4)9-8-17(20)22(12,18)5/h10-11,14,16-17,20H,2,6-9H2,1,3-5H3/t14?,16-,17-,20-,21-,22+/m0/s1. The van der Waals surface area contributed by atoms with Crippen molar-refractivity contribution in [3.63, 3.8) is 0 Å². The van der Waals surface area contributed by atoms with Crippen LogP contribution in [-0.2, 0) is 9.59 Å². The molecule has 1 unspecified atom stereocenters. The average molecular weight is 324 g/mol. The van der Waals surface area contributed by atoms with Crippen molar-refractivity contribution in [3.05, 3.63) is 35.5 Å². The molecule has 0 saturated heterocycles. The number of hydrogen-bond donors (Lipinski definition) is 0. The minimum absolute atomic E-state index is 0.0882. The molecule has 128 valence electrons. The molecule has 2 heteroatoms. The molecule has 0 aromatic rings. The zero-order chi connectivity index (χ0) is 17.4. The van der Waals surface area contributed by atoms with Crippen LogP contribution in [0.25, 0.3) is 0 Å². The van der Waals surface area contributed by atoms with Gasteiger partial charge in [0.1, 0.15) is 5.78 Å². The number of carbonyl (C=O) groups is 2. The molecule has 0 N–H and O–H groups in total. The van der Waals surface area contributed by atoms with Crippen LogP contribution in [0.1, 0.15) is 53.4 Å². The van der Waals surface area contributed by atoms with Gasteiger partial charge in [-0.05, 0) is 73.2 Å². The normalized spacial score (nSPS) is 47.6. The van der Waals surface area contributed by atoms with E-state index in [1.807, 2.05) is 12.2 Å². The van der Waals surface area contributed by atoms with Gasteiger partial charge in [0.05, 0.1) is 0 Å². The first-order valence-corrected chi connectivity index (χ1v) is 9.38. The minimum atomic E-state index is -0.130. The minimum Gasteiger partial charge on any atom is -0.299 e. The Morgan fingerprint density at radius 3 is 2.54 bits per heavy atom. The third-order valence-electron chi connectivity index (χ3n) is 8.28. The Balaban J connectivity index is 1.86. The molecule has 0 aromatic heterocycles. The van der Waals surface area contributed by atoms with Gasteiger partial charge in [0.25, 0.3) is 0 Å². The third kappa shape index (κ3) is 1.72. The Labute approximate surface area is 145 Å². The molecule has 3 saturated carbocycles. The first-order valence-electron chi connectivity index (χ1n) is 9.38. The van der Waals surface area contributed by atoms with E-state index in [1.54, 1.807) is 0 Å². The zero-order valence-corrected chi connectivity index (χ0v) is 15.3. The number of ketones is 2. The van der Waals surface area contributed by atoms with Crippen LogP contribution in [-0.4, -0.2) is 11.6 Å². The van der Waals surface area contributed by atoms with E-state index in [0.717, 1.165) is 36.8 Å². The van der Waals surface area contributed by atoms with E-state index in [4.69, 9.17) is 0 Å². The fourth-order valence-corrected chi connectivity index (χ4v) is 6.64. The molecule has 0 radical (unpaired) electrons. The van der Waals surface area contributed by atoms with Crippen LogP contribution in [0.15, 0.2) is 35.5 Å². The van der Waals surface area contributed by atoms with Gasteiger partial charge < -0.3 is 0 Å². The van der Waals surface area contributed by atoms with Gasteiger partial charge >= 0.3 is 0 Å². The Bertz CT molecular complexity index is 724. The van der Waals surface area contributed by atoms with Gasteiger partial charge in [0.2, 0.25) is 0 Å². The fourth-order valence-electron chi connectivity index (χ4n) is 6.64. The number of hydrogen-bond acceptors (Lipinski definition) is 2. The highest BCUT2D eigenvalue weighted by atomic mass is 16.1. The Morgan fingerprint density at radius 2 is 1.83 bits per heavy atom. The fraction of sp³-hybridized carbons (Fsp3) is 0.636. The smallest absolute Gasteiger partial charge is 0.178 e. The lowest BCUT2D eigenvalue weighted by Crippen LogP contribution is -2.54. The van der Waals surface area contributed by atoms with Crippen molar-refractivity contribution in [1.29, 1.82) is 0 Å². The van der Waals surface area contributed by atoms with Crippen molar-refractivity contribution in [2.45, 2.75) is 53.4 Å². The number of Topliss-reactive ketones (excluding diaryl/α,β-unsaturated/α-hetero) is 1. The molecule has 0 spiro atoms. The average Bonchev–Trinajstić information content (AvgIpc) is 2.83. The molecule has 0 heterocycles. The lowest BCUT2D eigenvalue weighted by atomic mass is 9.44. The number of allylic oxidation sites excluding steroid dienone is 5. The SMILES string of the molecule is C=C1C2=CC(=O)C=C(C)[C@]2(C)[C@H]2CC[C@]3(C)C(=O)CC[C@H]3[C@@H]2C1C. The Hall–Kier alpha value is -1.44. The van der Waals surface area contributed by atoms with E-state index in [9.17, 15) is 9.59 Å². The van der Waals surface area contributed by atoms with Crippen molar-refractivity contribution in [2.24, 2.45) is 34.5 Å². The second-order valence-corrected chi connectivity index (χ2v) is 9.01. The summed E-state index contributed by atoms with van der Waals surface area (Å²) in [6.45, 7) is 13.3. The van der Waals surface area contributed by atoms with E-state index in [1.165, 1.54) is 5.57 Å². The van der Waals surface area contributed by atoms with Crippen LogP contribution in [0.4, 0.5) is 0 Å². The Kier molecular flexibility index (Phi) is 3.21. The summed E-state index contributed by atoms with van der Waals surface area (Å²) < 4.78 is 0. The number of fused-ring (bicyclic) bond motifs is 5. The van der Waals surface area contributed by atoms with Crippen LogP contribution >= 0.6 is 0 Å². The van der Waals surface area contributed by atoms with Crippen molar-refractivity contribution in [3.8, 4) is 0 Å². The zero-order valence-electron chi connectivity index (χ0n) is 15.3. The predicted octanol–water partition coefficient (Wildman–Crippen LogP) is 4.67. The molecule has 0 aliphatic heterocycles. The molecule has 4 aliphatic rings. The van der Waals surface area contributed by atoms with Gasteiger partial charge in [-0.2, -0.15) is 0 Å². The second kappa shape index (κ2) is 4.80. The van der Waals surface area contributed by atoms with Crippen LogP contribution < -0.4 is 0 Å². The van der Waals surface area contributed by atoms with Gasteiger partial charge in [-0.1, -0.05) is 32.9 Å². The second-order valence-electron chi connectivity index (χ2n) is 9.01. The monoisotopic (exact) mass is 324 g/mol. The lowest BCUT2D eigenvalue weighted by molar-refractivity contribution is -0.132. The van der Waals surface area contributed by atoms with Crippen LogP contribution in [0, 0.1) is 34.5 Å². The summed E-state index contributed by atoms with van der Waals surface area (Å²) in [6, 6.07) is 0. The summed E-state index contributed by atoms with van der Waals surface area (Å²) in [7, 11) is 0. The maximum Gasteiger partial charge on any atom is 0.178 e. The maximum atomic E-state index is 12.6. The lowest BCUT2D eigenvalue weighted by Gasteiger charge is -2.59. The molecule has 0 bridgehead atoms. The highest BCUT2D eigenvalue weighted by molar-refractivity contribution is 6.02. The van der Waals surface area contributed by atoms with Gasteiger partial charge in [0.15, 0.2) is 5.78 Å². The largest absolute Gasteiger partial charge is 0.299 e. The van der Waals surface area contributed by atoms with Crippen molar-refractivity contribution >= 4 is 11.6 Å². The van der Waals surface area contributed by atoms with E-state index >= 15 is 0 Å². The van der Waals surface area contributed by atoms with Crippen LogP contribution in [0.5, 0.6) is 0 Å².